The molecule has 0 heterocycles. The molecular formula is C11H18OS2. The predicted octanol–water partition coefficient (Wildman–Crippen LogP) is 3.61. The van der Waals surface area contributed by atoms with Gasteiger partial charge in [-0.1, -0.05) is 26.8 Å². The Balaban J connectivity index is 2.95. The van der Waals surface area contributed by atoms with Crippen molar-refractivity contribution in [1.82, 2.24) is 0 Å². The van der Waals surface area contributed by atoms with E-state index in [9.17, 15) is 5.11 Å². The lowest BCUT2D eigenvalue weighted by atomic mass is 9.75. The van der Waals surface area contributed by atoms with Crippen LogP contribution in [0.1, 0.15) is 27.2 Å². The zero-order valence-electron chi connectivity index (χ0n) is 8.91. The average Bonchev–Trinajstić information content (AvgIpc) is 2.07. The van der Waals surface area contributed by atoms with Crippen LogP contribution in [0.25, 0.3) is 0 Å². The molecule has 1 N–H and O–H groups in total. The van der Waals surface area contributed by atoms with Crippen LogP contribution in [0.15, 0.2) is 22.3 Å². The molecule has 0 radical (unpaired) electrons. The molecule has 0 saturated carbocycles. The van der Waals surface area contributed by atoms with Crippen molar-refractivity contribution in [2.45, 2.75) is 27.2 Å². The summed E-state index contributed by atoms with van der Waals surface area (Å²) in [5.41, 5.74) is 1.21. The molecule has 0 bridgehead atoms. The van der Waals surface area contributed by atoms with E-state index in [-0.39, 0.29) is 5.41 Å². The van der Waals surface area contributed by atoms with Gasteiger partial charge in [-0.2, -0.15) is 12.6 Å². The normalized spacial score (nSPS) is 23.8. The summed E-state index contributed by atoms with van der Waals surface area (Å²) >= 11 is 8.50. The van der Waals surface area contributed by atoms with Crippen molar-refractivity contribution in [3.63, 3.8) is 0 Å². The summed E-state index contributed by atoms with van der Waals surface area (Å²) in [5, 5.41) is 9.71. The van der Waals surface area contributed by atoms with Gasteiger partial charge in [-0.3, -0.25) is 0 Å². The van der Waals surface area contributed by atoms with Gasteiger partial charge < -0.3 is 5.11 Å². The fourth-order valence-corrected chi connectivity index (χ4v) is 2.18. The Morgan fingerprint density at radius 1 is 1.50 bits per heavy atom. The van der Waals surface area contributed by atoms with E-state index in [0.717, 1.165) is 12.0 Å². The van der Waals surface area contributed by atoms with Gasteiger partial charge in [-0.05, 0) is 23.3 Å². The monoisotopic (exact) mass is 230 g/mol. The molecule has 1 nitrogen and oxygen atoms in total. The molecule has 0 amide bonds. The van der Waals surface area contributed by atoms with Crippen molar-refractivity contribution < 1.29 is 5.11 Å². The molecule has 0 aromatic rings. The van der Waals surface area contributed by atoms with E-state index in [1.807, 2.05) is 6.08 Å². The summed E-state index contributed by atoms with van der Waals surface area (Å²) < 4.78 is 0. The molecule has 1 rings (SSSR count). The largest absolute Gasteiger partial charge is 0.507 e. The number of rotatable bonds is 1. The highest BCUT2D eigenvalue weighted by atomic mass is 32.1. The van der Waals surface area contributed by atoms with E-state index in [1.54, 1.807) is 0 Å². The molecule has 1 atom stereocenters. The van der Waals surface area contributed by atoms with E-state index < -0.39 is 0 Å². The Labute approximate surface area is 97.1 Å². The third kappa shape index (κ3) is 2.51. The lowest BCUT2D eigenvalue weighted by Gasteiger charge is -2.32. The van der Waals surface area contributed by atoms with Gasteiger partial charge in [0.25, 0.3) is 0 Å². The second-order valence-corrected chi connectivity index (χ2v) is 5.64. The molecule has 1 aliphatic carbocycles. The van der Waals surface area contributed by atoms with Crippen LogP contribution >= 0.6 is 25.3 Å². The molecule has 14 heavy (non-hydrogen) atoms. The van der Waals surface area contributed by atoms with Gasteiger partial charge in [-0.25, -0.2) is 0 Å². The minimum Gasteiger partial charge on any atom is -0.507 e. The van der Waals surface area contributed by atoms with Gasteiger partial charge in [-0.15, -0.1) is 12.6 Å². The Morgan fingerprint density at radius 2 is 2.07 bits per heavy atom. The Kier molecular flexibility index (Phi) is 3.64. The summed E-state index contributed by atoms with van der Waals surface area (Å²) in [6.07, 6.45) is 2.94. The molecule has 0 aromatic heterocycles. The quantitative estimate of drug-likeness (QED) is 0.588. The summed E-state index contributed by atoms with van der Waals surface area (Å²) in [4.78, 5) is 0.695. The van der Waals surface area contributed by atoms with Gasteiger partial charge >= 0.3 is 0 Å². The number of hydrogen-bond donors (Lipinski definition) is 3. The maximum atomic E-state index is 9.71. The van der Waals surface area contributed by atoms with E-state index in [0.29, 0.717) is 22.3 Å². The van der Waals surface area contributed by atoms with Crippen molar-refractivity contribution in [2.75, 3.05) is 5.75 Å². The minimum atomic E-state index is 0.211. The predicted molar refractivity (Wildman–Crippen MR) is 68.1 cm³/mol. The molecular weight excluding hydrogens is 212 g/mol. The summed E-state index contributed by atoms with van der Waals surface area (Å²) in [7, 11) is 0. The number of aliphatic hydroxyl groups is 1. The van der Waals surface area contributed by atoms with Crippen LogP contribution in [-0.4, -0.2) is 10.9 Å². The zero-order valence-corrected chi connectivity index (χ0v) is 10.7. The van der Waals surface area contributed by atoms with Crippen molar-refractivity contribution in [3.8, 4) is 0 Å². The summed E-state index contributed by atoms with van der Waals surface area (Å²) in [5.74, 6) is 1.37. The van der Waals surface area contributed by atoms with Crippen LogP contribution in [0.4, 0.5) is 0 Å². The zero-order chi connectivity index (χ0) is 10.9. The van der Waals surface area contributed by atoms with Gasteiger partial charge in [0.1, 0.15) is 5.76 Å². The van der Waals surface area contributed by atoms with Gasteiger partial charge in [0.2, 0.25) is 0 Å². The topological polar surface area (TPSA) is 20.2 Å². The average molecular weight is 230 g/mol. The molecule has 0 fully saturated rings. The first kappa shape index (κ1) is 12.1. The van der Waals surface area contributed by atoms with Crippen LogP contribution in [0, 0.1) is 11.3 Å². The minimum absolute atomic E-state index is 0.211. The summed E-state index contributed by atoms with van der Waals surface area (Å²) in [6.45, 7) is 6.61. The number of hydrogen-bond acceptors (Lipinski definition) is 3. The first-order valence-corrected chi connectivity index (χ1v) is 5.87. The standard InChI is InChI=1S/C11H18OS2/c1-11(2,3)8-4-7(6-13)10(12)9(14)5-8/h5,8,12-14H,4,6H2,1-3H3. The highest BCUT2D eigenvalue weighted by Crippen LogP contribution is 2.39. The van der Waals surface area contributed by atoms with Crippen LogP contribution in [0.5, 0.6) is 0 Å². The third-order valence-corrected chi connectivity index (χ3v) is 3.45. The molecule has 1 unspecified atom stereocenters. The third-order valence-electron chi connectivity index (χ3n) is 2.71. The van der Waals surface area contributed by atoms with Crippen molar-refractivity contribution >= 4 is 25.3 Å². The van der Waals surface area contributed by atoms with Crippen LogP contribution < -0.4 is 0 Å². The van der Waals surface area contributed by atoms with E-state index in [2.05, 4.69) is 46.0 Å². The SMILES string of the molecule is CC(C)(C)C1C=C(S)C(O)=C(CS)C1. The molecule has 0 aliphatic heterocycles. The van der Waals surface area contributed by atoms with E-state index >= 15 is 0 Å². The fourth-order valence-electron chi connectivity index (χ4n) is 1.57. The Bertz CT molecular complexity index is 284. The lowest BCUT2D eigenvalue weighted by molar-refractivity contribution is 0.280. The molecule has 80 valence electrons. The highest BCUT2D eigenvalue weighted by Gasteiger charge is 2.28. The van der Waals surface area contributed by atoms with Crippen molar-refractivity contribution in [1.29, 1.82) is 0 Å². The highest BCUT2D eigenvalue weighted by molar-refractivity contribution is 7.84. The fraction of sp³-hybridized carbons (Fsp3) is 0.636. The molecule has 0 spiro atoms. The van der Waals surface area contributed by atoms with Crippen LogP contribution in [0.3, 0.4) is 0 Å². The first-order chi connectivity index (χ1) is 6.36. The summed E-state index contributed by atoms with van der Waals surface area (Å²) in [6, 6.07) is 0. The van der Waals surface area contributed by atoms with E-state index in [1.165, 1.54) is 0 Å². The maximum Gasteiger partial charge on any atom is 0.128 e. The smallest absolute Gasteiger partial charge is 0.128 e. The van der Waals surface area contributed by atoms with Crippen LogP contribution in [0.2, 0.25) is 0 Å². The Hall–Kier alpha value is -0.0200. The second-order valence-electron chi connectivity index (χ2n) is 4.84. The number of aliphatic hydroxyl groups excluding tert-OH is 1. The van der Waals surface area contributed by atoms with Gasteiger partial charge in [0.05, 0.1) is 0 Å². The molecule has 1 aliphatic rings. The van der Waals surface area contributed by atoms with Crippen LogP contribution in [-0.2, 0) is 0 Å². The maximum absolute atomic E-state index is 9.71. The van der Waals surface area contributed by atoms with Crippen molar-refractivity contribution in [3.05, 3.63) is 22.3 Å². The van der Waals surface area contributed by atoms with E-state index in [4.69, 9.17) is 0 Å². The first-order valence-electron chi connectivity index (χ1n) is 4.79. The molecule has 0 saturated heterocycles. The molecule has 0 aromatic carbocycles. The van der Waals surface area contributed by atoms with Crippen molar-refractivity contribution in [2.24, 2.45) is 11.3 Å². The Morgan fingerprint density at radius 3 is 2.50 bits per heavy atom. The van der Waals surface area contributed by atoms with Gasteiger partial charge in [0.15, 0.2) is 0 Å². The number of thiol groups is 2. The number of allylic oxidation sites excluding steroid dienone is 1. The molecule has 3 heteroatoms. The second kappa shape index (κ2) is 4.23. The van der Waals surface area contributed by atoms with Gasteiger partial charge in [0, 0.05) is 10.7 Å². The lowest BCUT2D eigenvalue weighted by Crippen LogP contribution is -2.22.